The molecule has 2 heteroatoms. The summed E-state index contributed by atoms with van der Waals surface area (Å²) in [5, 5.41) is 4.97. The van der Waals surface area contributed by atoms with Crippen molar-refractivity contribution in [3.05, 3.63) is 241 Å². The lowest BCUT2D eigenvalue weighted by molar-refractivity contribution is 0.569. The Kier molecular flexibility index (Phi) is 11.6. The molecule has 1 heterocycles. The van der Waals surface area contributed by atoms with E-state index in [4.69, 9.17) is 0 Å². The van der Waals surface area contributed by atoms with Crippen LogP contribution in [0.2, 0.25) is 0 Å². The molecule has 0 unspecified atom stereocenters. The summed E-state index contributed by atoms with van der Waals surface area (Å²) in [7, 11) is 0. The number of benzene rings is 10. The van der Waals surface area contributed by atoms with Crippen molar-refractivity contribution < 1.29 is 0 Å². The lowest BCUT2D eigenvalue weighted by Crippen LogP contribution is -2.16. The van der Waals surface area contributed by atoms with Crippen molar-refractivity contribution in [2.75, 3.05) is 4.90 Å². The van der Waals surface area contributed by atoms with Gasteiger partial charge in [-0.25, -0.2) is 0 Å². The van der Waals surface area contributed by atoms with Crippen LogP contribution in [0.1, 0.15) is 79.0 Å². The van der Waals surface area contributed by atoms with E-state index >= 15 is 0 Å². The third-order valence-electron chi connectivity index (χ3n) is 14.7. The number of anilines is 3. The van der Waals surface area contributed by atoms with Crippen LogP contribution >= 0.6 is 0 Å². The first-order valence-electron chi connectivity index (χ1n) is 25.6. The first-order valence-corrected chi connectivity index (χ1v) is 25.6. The average molecular weight is 933 g/mol. The fourth-order valence-electron chi connectivity index (χ4n) is 10.7. The minimum Gasteiger partial charge on any atom is -0.309 e. The van der Waals surface area contributed by atoms with Gasteiger partial charge >= 0.3 is 0 Å². The maximum Gasteiger partial charge on any atom is 0.0547 e. The molecule has 0 radical (unpaired) electrons. The van der Waals surface area contributed by atoms with Gasteiger partial charge in [-0.15, -0.1) is 0 Å². The summed E-state index contributed by atoms with van der Waals surface area (Å²) < 4.78 is 2.40. The second-order valence-corrected chi connectivity index (χ2v) is 22.6. The topological polar surface area (TPSA) is 8.17 Å². The molecule has 0 aliphatic heterocycles. The first-order chi connectivity index (χ1) is 34.6. The van der Waals surface area contributed by atoms with E-state index < -0.39 is 0 Å². The highest BCUT2D eigenvalue weighted by atomic mass is 15.1. The summed E-state index contributed by atoms with van der Waals surface area (Å²) in [6.45, 7) is 20.8. The van der Waals surface area contributed by atoms with Crippen molar-refractivity contribution >= 4 is 49.6 Å². The molecule has 0 fully saturated rings. The normalized spacial score (nSPS) is 12.2. The molecule has 11 rings (SSSR count). The van der Waals surface area contributed by atoms with Crippen LogP contribution in [0.4, 0.5) is 17.1 Å². The molecule has 72 heavy (non-hydrogen) atoms. The number of nitrogens with zero attached hydrogens (tertiary/aromatic N) is 2. The minimum atomic E-state index is -0.0138. The Morgan fingerprint density at radius 2 is 0.792 bits per heavy atom. The molecule has 0 bridgehead atoms. The Hall–Kier alpha value is -7.94. The van der Waals surface area contributed by atoms with Crippen molar-refractivity contribution in [1.82, 2.24) is 4.57 Å². The van der Waals surface area contributed by atoms with Crippen molar-refractivity contribution in [1.29, 1.82) is 0 Å². The highest BCUT2D eigenvalue weighted by Crippen LogP contribution is 2.49. The minimum absolute atomic E-state index is 0.0138. The van der Waals surface area contributed by atoms with Gasteiger partial charge in [0.1, 0.15) is 0 Å². The van der Waals surface area contributed by atoms with E-state index in [-0.39, 0.29) is 16.2 Å². The van der Waals surface area contributed by atoms with Crippen LogP contribution < -0.4 is 4.90 Å². The van der Waals surface area contributed by atoms with E-state index in [1.54, 1.807) is 0 Å². The van der Waals surface area contributed by atoms with Gasteiger partial charge in [0.25, 0.3) is 0 Å². The molecule has 354 valence electrons. The van der Waals surface area contributed by atoms with Crippen LogP contribution in [0.5, 0.6) is 0 Å². The number of aromatic nitrogens is 1. The molecule has 0 N–H and O–H groups in total. The van der Waals surface area contributed by atoms with Crippen LogP contribution in [0.25, 0.3) is 82.8 Å². The fourth-order valence-corrected chi connectivity index (χ4v) is 10.7. The van der Waals surface area contributed by atoms with E-state index in [0.717, 1.165) is 22.7 Å². The van der Waals surface area contributed by atoms with Gasteiger partial charge in [0, 0.05) is 33.3 Å². The molecule has 0 saturated carbocycles. The number of rotatable bonds is 8. The van der Waals surface area contributed by atoms with Crippen LogP contribution in [0.3, 0.4) is 0 Å². The molecule has 10 aromatic carbocycles. The van der Waals surface area contributed by atoms with Gasteiger partial charge in [0.05, 0.1) is 22.4 Å². The number of para-hydroxylation sites is 4. The lowest BCUT2D eigenvalue weighted by atomic mass is 9.78. The Morgan fingerprint density at radius 1 is 0.319 bits per heavy atom. The molecule has 0 aliphatic rings. The second-order valence-electron chi connectivity index (χ2n) is 22.6. The van der Waals surface area contributed by atoms with Gasteiger partial charge in [-0.05, 0) is 126 Å². The number of hydrogen-bond donors (Lipinski definition) is 0. The summed E-state index contributed by atoms with van der Waals surface area (Å²) in [4.78, 5) is 2.49. The summed E-state index contributed by atoms with van der Waals surface area (Å²) in [6.07, 6.45) is 0. The quantitative estimate of drug-likeness (QED) is 0.147. The van der Waals surface area contributed by atoms with Gasteiger partial charge in [0.2, 0.25) is 0 Å². The van der Waals surface area contributed by atoms with Crippen LogP contribution in [-0.4, -0.2) is 4.57 Å². The van der Waals surface area contributed by atoms with Crippen molar-refractivity contribution in [3.8, 4) is 50.2 Å². The standard InChI is InChI=1S/C70H64N2/c1-68(2,3)51-40-36-47(37-41-51)56-26-13-16-32-62(56)71(55-42-38-48(39-43-55)57-30-21-35-65-67(57)61-28-15-18-34-64(61)72(65)54-24-11-10-12-25-54)63-33-17-14-27-59(63)60-31-20-23-49-22-19-29-58(66(49)60)50-44-52(69(4,5)6)46-53(45-50)70(7,8)9/h10-46H,1-9H3. The monoisotopic (exact) mass is 933 g/mol. The van der Waals surface area contributed by atoms with Crippen molar-refractivity contribution in [3.63, 3.8) is 0 Å². The van der Waals surface area contributed by atoms with E-state index in [1.807, 2.05) is 0 Å². The Balaban J connectivity index is 1.13. The molecule has 0 atom stereocenters. The third-order valence-corrected chi connectivity index (χ3v) is 14.7. The van der Waals surface area contributed by atoms with E-state index in [9.17, 15) is 0 Å². The van der Waals surface area contributed by atoms with E-state index in [0.29, 0.717) is 0 Å². The largest absolute Gasteiger partial charge is 0.309 e. The van der Waals surface area contributed by atoms with E-state index in [1.165, 1.54) is 93.8 Å². The SMILES string of the molecule is CC(C)(C)c1ccc(-c2ccccc2N(c2ccc(-c3cccc4c3c3ccccc3n4-c3ccccc3)cc2)c2ccccc2-c2cccc3cccc(-c4cc(C(C)(C)C)cc(C(C)(C)C)c4)c23)cc1. The van der Waals surface area contributed by atoms with Crippen LogP contribution in [0, 0.1) is 0 Å². The van der Waals surface area contributed by atoms with Gasteiger partial charge in [-0.1, -0.05) is 238 Å². The predicted octanol–water partition coefficient (Wildman–Crippen LogP) is 20.0. The highest BCUT2D eigenvalue weighted by molar-refractivity contribution is 6.16. The Morgan fingerprint density at radius 3 is 1.43 bits per heavy atom. The fraction of sp³-hybridized carbons (Fsp3) is 0.171. The molecule has 0 spiro atoms. The van der Waals surface area contributed by atoms with Gasteiger partial charge < -0.3 is 9.47 Å². The summed E-state index contributed by atoms with van der Waals surface area (Å²) in [6, 6.07) is 83.6. The van der Waals surface area contributed by atoms with Gasteiger partial charge in [-0.2, -0.15) is 0 Å². The molecule has 11 aromatic rings. The third kappa shape index (κ3) is 8.49. The zero-order valence-electron chi connectivity index (χ0n) is 43.3. The summed E-state index contributed by atoms with van der Waals surface area (Å²) >= 11 is 0. The maximum atomic E-state index is 2.49. The molecule has 0 saturated heterocycles. The van der Waals surface area contributed by atoms with E-state index in [2.05, 4.69) is 296 Å². The molecule has 1 aromatic heterocycles. The van der Waals surface area contributed by atoms with Crippen molar-refractivity contribution in [2.45, 2.75) is 78.6 Å². The predicted molar refractivity (Wildman–Crippen MR) is 311 cm³/mol. The lowest BCUT2D eigenvalue weighted by Gasteiger charge is -2.30. The van der Waals surface area contributed by atoms with Gasteiger partial charge in [0.15, 0.2) is 0 Å². The average Bonchev–Trinajstić information content (AvgIpc) is 3.73. The number of hydrogen-bond acceptors (Lipinski definition) is 1. The number of fused-ring (bicyclic) bond motifs is 4. The van der Waals surface area contributed by atoms with Crippen LogP contribution in [-0.2, 0) is 16.2 Å². The summed E-state index contributed by atoms with van der Waals surface area (Å²) in [5.41, 5.74) is 20.5. The van der Waals surface area contributed by atoms with Gasteiger partial charge in [-0.3, -0.25) is 0 Å². The zero-order valence-corrected chi connectivity index (χ0v) is 43.3. The molecule has 0 amide bonds. The molecular formula is C70H64N2. The Labute approximate surface area is 426 Å². The van der Waals surface area contributed by atoms with Crippen molar-refractivity contribution in [2.24, 2.45) is 0 Å². The smallest absolute Gasteiger partial charge is 0.0547 e. The van der Waals surface area contributed by atoms with Crippen LogP contribution in [0.15, 0.2) is 224 Å². The Bertz CT molecular complexity index is 3740. The summed E-state index contributed by atoms with van der Waals surface area (Å²) in [5.74, 6) is 0. The maximum absolute atomic E-state index is 2.49. The zero-order chi connectivity index (χ0) is 49.9. The second kappa shape index (κ2) is 18.0. The highest BCUT2D eigenvalue weighted by Gasteiger charge is 2.26. The molecule has 2 nitrogen and oxygen atoms in total. The molecule has 0 aliphatic carbocycles. The molecular weight excluding hydrogens is 869 g/mol. The first kappa shape index (κ1) is 46.4.